The first kappa shape index (κ1) is 11.4. The number of nitrogens with one attached hydrogen (secondary N) is 1. The number of nitrogens with zero attached hydrogens (tertiary/aromatic N) is 2. The van der Waals surface area contributed by atoms with Gasteiger partial charge in [0.15, 0.2) is 11.4 Å². The molecule has 0 atom stereocenters. The summed E-state index contributed by atoms with van der Waals surface area (Å²) in [4.78, 5) is 22.8. The van der Waals surface area contributed by atoms with Gasteiger partial charge in [0.1, 0.15) is 5.52 Å². The molecular formula is C14H11N3O2. The number of pyridine rings is 1. The third-order valence-electron chi connectivity index (χ3n) is 3.03. The summed E-state index contributed by atoms with van der Waals surface area (Å²) in [6.45, 7) is 1.88. The standard InChI is InChI=1S/C14H11N3O2/c1-8-4-2-3-5-9(8)10-12(18)11-13(17-14(10)19)16-7-6-15-11/h2-7H,1H3,(H2,16,17,18,19). The summed E-state index contributed by atoms with van der Waals surface area (Å²) in [6, 6.07) is 7.38. The van der Waals surface area contributed by atoms with Crippen LogP contribution in [0.2, 0.25) is 0 Å². The topological polar surface area (TPSA) is 78.9 Å². The van der Waals surface area contributed by atoms with Crippen molar-refractivity contribution < 1.29 is 5.11 Å². The average molecular weight is 253 g/mol. The number of rotatable bonds is 1. The highest BCUT2D eigenvalue weighted by atomic mass is 16.3. The van der Waals surface area contributed by atoms with E-state index < -0.39 is 0 Å². The number of H-pyrrole nitrogens is 1. The van der Waals surface area contributed by atoms with Crippen molar-refractivity contribution in [2.75, 3.05) is 0 Å². The largest absolute Gasteiger partial charge is 0.505 e. The van der Waals surface area contributed by atoms with Crippen LogP contribution < -0.4 is 5.56 Å². The Morgan fingerprint density at radius 2 is 1.89 bits per heavy atom. The van der Waals surface area contributed by atoms with E-state index >= 15 is 0 Å². The van der Waals surface area contributed by atoms with Crippen LogP contribution in [0.1, 0.15) is 5.56 Å². The Morgan fingerprint density at radius 1 is 1.16 bits per heavy atom. The minimum Gasteiger partial charge on any atom is -0.505 e. The van der Waals surface area contributed by atoms with Gasteiger partial charge in [-0.05, 0) is 18.1 Å². The first-order valence-corrected chi connectivity index (χ1v) is 5.80. The van der Waals surface area contributed by atoms with Crippen molar-refractivity contribution in [2.24, 2.45) is 0 Å². The van der Waals surface area contributed by atoms with Crippen molar-refractivity contribution >= 4 is 11.2 Å². The van der Waals surface area contributed by atoms with Gasteiger partial charge in [0.25, 0.3) is 5.56 Å². The van der Waals surface area contributed by atoms with Gasteiger partial charge < -0.3 is 10.1 Å². The van der Waals surface area contributed by atoms with Crippen LogP contribution in [0.15, 0.2) is 41.5 Å². The Morgan fingerprint density at radius 3 is 2.68 bits per heavy atom. The van der Waals surface area contributed by atoms with Gasteiger partial charge >= 0.3 is 0 Å². The molecule has 0 bridgehead atoms. The van der Waals surface area contributed by atoms with Crippen molar-refractivity contribution in [3.8, 4) is 16.9 Å². The summed E-state index contributed by atoms with van der Waals surface area (Å²) in [5.41, 5.74) is 2.02. The summed E-state index contributed by atoms with van der Waals surface area (Å²) in [6.07, 6.45) is 2.94. The number of fused-ring (bicyclic) bond motifs is 1. The Balaban J connectivity index is 2.43. The average Bonchev–Trinajstić information content (AvgIpc) is 2.41. The fraction of sp³-hybridized carbons (Fsp3) is 0.0714. The highest BCUT2D eigenvalue weighted by Crippen LogP contribution is 2.31. The van der Waals surface area contributed by atoms with Gasteiger partial charge in [0, 0.05) is 12.4 Å². The van der Waals surface area contributed by atoms with E-state index in [0.717, 1.165) is 5.56 Å². The van der Waals surface area contributed by atoms with Crippen LogP contribution >= 0.6 is 0 Å². The Kier molecular flexibility index (Phi) is 2.52. The van der Waals surface area contributed by atoms with Crippen LogP contribution in [0.25, 0.3) is 22.3 Å². The van der Waals surface area contributed by atoms with Crippen molar-refractivity contribution in [3.05, 3.63) is 52.6 Å². The third-order valence-corrected chi connectivity index (χ3v) is 3.03. The van der Waals surface area contributed by atoms with Crippen molar-refractivity contribution in [1.29, 1.82) is 0 Å². The summed E-state index contributed by atoms with van der Waals surface area (Å²) in [5.74, 6) is -0.138. The van der Waals surface area contributed by atoms with Crippen LogP contribution in [0.3, 0.4) is 0 Å². The number of aromatic hydroxyl groups is 1. The zero-order valence-electron chi connectivity index (χ0n) is 10.2. The van der Waals surface area contributed by atoms with Gasteiger partial charge in [-0.1, -0.05) is 24.3 Å². The lowest BCUT2D eigenvalue weighted by Gasteiger charge is -2.08. The summed E-state index contributed by atoms with van der Waals surface area (Å²) < 4.78 is 0. The maximum absolute atomic E-state index is 12.1. The van der Waals surface area contributed by atoms with Crippen LogP contribution in [0.4, 0.5) is 0 Å². The Labute approximate surface area is 108 Å². The Hall–Kier alpha value is -2.69. The summed E-state index contributed by atoms with van der Waals surface area (Å²) in [7, 11) is 0. The fourth-order valence-electron chi connectivity index (χ4n) is 2.10. The molecule has 0 aliphatic rings. The molecule has 3 rings (SSSR count). The monoisotopic (exact) mass is 253 g/mol. The second kappa shape index (κ2) is 4.20. The molecule has 5 heteroatoms. The summed E-state index contributed by atoms with van der Waals surface area (Å²) >= 11 is 0. The summed E-state index contributed by atoms with van der Waals surface area (Å²) in [5, 5.41) is 10.3. The van der Waals surface area contributed by atoms with Crippen molar-refractivity contribution in [2.45, 2.75) is 6.92 Å². The molecule has 0 amide bonds. The molecule has 2 N–H and O–H groups in total. The lowest BCUT2D eigenvalue weighted by molar-refractivity contribution is 0.481. The van der Waals surface area contributed by atoms with E-state index in [9.17, 15) is 9.90 Å². The molecule has 0 radical (unpaired) electrons. The van der Waals surface area contributed by atoms with Gasteiger partial charge in [-0.15, -0.1) is 0 Å². The van der Waals surface area contributed by atoms with Crippen LogP contribution in [0.5, 0.6) is 5.75 Å². The fourth-order valence-corrected chi connectivity index (χ4v) is 2.10. The highest BCUT2D eigenvalue weighted by molar-refractivity contribution is 5.87. The van der Waals surface area contributed by atoms with Gasteiger partial charge in [-0.2, -0.15) is 0 Å². The van der Waals surface area contributed by atoms with Crippen molar-refractivity contribution in [3.63, 3.8) is 0 Å². The van der Waals surface area contributed by atoms with Crippen LogP contribution in [0, 0.1) is 6.92 Å². The number of aromatic nitrogens is 3. The molecule has 5 nitrogen and oxygen atoms in total. The van der Waals surface area contributed by atoms with E-state index in [4.69, 9.17) is 0 Å². The van der Waals surface area contributed by atoms with Gasteiger partial charge in [0.2, 0.25) is 0 Å². The third kappa shape index (κ3) is 1.76. The van der Waals surface area contributed by atoms with E-state index in [1.165, 1.54) is 12.4 Å². The first-order valence-electron chi connectivity index (χ1n) is 5.80. The number of hydrogen-bond acceptors (Lipinski definition) is 4. The van der Waals surface area contributed by atoms with E-state index in [2.05, 4.69) is 15.0 Å². The van der Waals surface area contributed by atoms with E-state index in [1.54, 1.807) is 6.07 Å². The SMILES string of the molecule is Cc1ccccc1-c1c(O)c2nccnc2[nH]c1=O. The maximum atomic E-state index is 12.1. The van der Waals surface area contributed by atoms with Crippen molar-refractivity contribution in [1.82, 2.24) is 15.0 Å². The molecule has 0 saturated carbocycles. The van der Waals surface area contributed by atoms with Gasteiger partial charge in [-0.25, -0.2) is 9.97 Å². The van der Waals surface area contributed by atoms with Gasteiger partial charge in [0.05, 0.1) is 5.56 Å². The molecule has 3 aromatic rings. The normalized spacial score (nSPS) is 10.8. The van der Waals surface area contributed by atoms with Crippen LogP contribution in [-0.4, -0.2) is 20.1 Å². The minimum atomic E-state index is -0.375. The molecule has 0 spiro atoms. The maximum Gasteiger partial charge on any atom is 0.261 e. The Bertz CT molecular complexity index is 824. The van der Waals surface area contributed by atoms with E-state index in [0.29, 0.717) is 11.1 Å². The molecule has 0 aliphatic heterocycles. The van der Waals surface area contributed by atoms with E-state index in [1.807, 2.05) is 25.1 Å². The second-order valence-electron chi connectivity index (χ2n) is 4.25. The molecule has 19 heavy (non-hydrogen) atoms. The predicted octanol–water partition coefficient (Wildman–Crippen LogP) is 2.00. The molecule has 0 aliphatic carbocycles. The molecule has 0 fully saturated rings. The highest BCUT2D eigenvalue weighted by Gasteiger charge is 2.16. The molecule has 0 unspecified atom stereocenters. The second-order valence-corrected chi connectivity index (χ2v) is 4.25. The number of aromatic amines is 1. The zero-order chi connectivity index (χ0) is 13.4. The molecule has 2 heterocycles. The lowest BCUT2D eigenvalue weighted by Crippen LogP contribution is -2.11. The van der Waals surface area contributed by atoms with Crippen LogP contribution in [-0.2, 0) is 0 Å². The quantitative estimate of drug-likeness (QED) is 0.695. The lowest BCUT2D eigenvalue weighted by atomic mass is 10.0. The van der Waals surface area contributed by atoms with Gasteiger partial charge in [-0.3, -0.25) is 4.79 Å². The predicted molar refractivity (Wildman–Crippen MR) is 72.0 cm³/mol. The molecule has 0 saturated heterocycles. The minimum absolute atomic E-state index is 0.138. The molecule has 1 aromatic carbocycles. The number of hydrogen-bond donors (Lipinski definition) is 2. The zero-order valence-corrected chi connectivity index (χ0v) is 10.2. The first-order chi connectivity index (χ1) is 9.18. The number of benzene rings is 1. The molecule has 2 aromatic heterocycles. The van der Waals surface area contributed by atoms with E-state index in [-0.39, 0.29) is 22.5 Å². The molecular weight excluding hydrogens is 242 g/mol. The smallest absolute Gasteiger partial charge is 0.261 e. The molecule has 94 valence electrons. The number of aryl methyl sites for hydroxylation is 1.